The summed E-state index contributed by atoms with van der Waals surface area (Å²) in [7, 11) is 0. The van der Waals surface area contributed by atoms with Gasteiger partial charge in [-0.2, -0.15) is 0 Å². The molecule has 0 saturated heterocycles. The number of nitrogens with two attached hydrogens (primary N) is 1. The normalized spacial score (nSPS) is 15.1. The van der Waals surface area contributed by atoms with E-state index in [0.29, 0.717) is 19.4 Å². The van der Waals surface area contributed by atoms with Crippen molar-refractivity contribution in [3.63, 3.8) is 0 Å². The zero-order chi connectivity index (χ0) is 11.0. The van der Waals surface area contributed by atoms with Gasteiger partial charge in [-0.3, -0.25) is 4.79 Å². The predicted octanol–water partition coefficient (Wildman–Crippen LogP) is -1.88. The highest BCUT2D eigenvalue weighted by Gasteiger charge is 2.16. The molecule has 6 nitrogen and oxygen atoms in total. The van der Waals surface area contributed by atoms with E-state index in [2.05, 4.69) is 5.32 Å². The first-order chi connectivity index (χ1) is 6.61. The average Bonchev–Trinajstić information content (AvgIpc) is 2.16. The van der Waals surface area contributed by atoms with E-state index in [0.717, 1.165) is 0 Å². The van der Waals surface area contributed by atoms with Crippen molar-refractivity contribution in [1.82, 2.24) is 5.32 Å². The molecule has 84 valence electrons. The number of carboxylic acid groups (broad SMARTS) is 1. The Labute approximate surface area is 82.7 Å². The predicted molar refractivity (Wildman–Crippen MR) is 50.8 cm³/mol. The van der Waals surface area contributed by atoms with Crippen LogP contribution in [0.2, 0.25) is 0 Å². The molecule has 0 rings (SSSR count). The van der Waals surface area contributed by atoms with E-state index in [4.69, 9.17) is 21.1 Å². The number of nitrogens with one attached hydrogen (secondary N) is 1. The van der Waals surface area contributed by atoms with Gasteiger partial charge in [0.15, 0.2) is 0 Å². The van der Waals surface area contributed by atoms with Crippen LogP contribution in [0.5, 0.6) is 0 Å². The maximum absolute atomic E-state index is 10.7. The van der Waals surface area contributed by atoms with Gasteiger partial charge in [0.1, 0.15) is 6.04 Å². The van der Waals surface area contributed by atoms with Gasteiger partial charge < -0.3 is 26.4 Å². The van der Waals surface area contributed by atoms with Crippen LogP contribution in [-0.2, 0) is 4.79 Å². The molecule has 14 heavy (non-hydrogen) atoms. The zero-order valence-corrected chi connectivity index (χ0v) is 8.02. The Bertz CT molecular complexity index is 165. The molecule has 1 unspecified atom stereocenters. The van der Waals surface area contributed by atoms with Gasteiger partial charge in [-0.05, 0) is 19.4 Å². The number of aliphatic hydroxyl groups excluding tert-OH is 2. The summed E-state index contributed by atoms with van der Waals surface area (Å²) in [6, 6.07) is -0.709. The highest BCUT2D eigenvalue weighted by molar-refractivity contribution is 5.73. The molecule has 0 radical (unpaired) electrons. The minimum Gasteiger partial charge on any atom is -0.480 e. The summed E-state index contributed by atoms with van der Waals surface area (Å²) < 4.78 is 0. The summed E-state index contributed by atoms with van der Waals surface area (Å²) in [5, 5.41) is 28.9. The van der Waals surface area contributed by atoms with Crippen molar-refractivity contribution in [2.75, 3.05) is 19.7 Å². The van der Waals surface area contributed by atoms with Gasteiger partial charge in [0.05, 0.1) is 12.7 Å². The maximum atomic E-state index is 10.7. The molecule has 0 aliphatic rings. The maximum Gasteiger partial charge on any atom is 0.320 e. The van der Waals surface area contributed by atoms with Gasteiger partial charge in [-0.25, -0.2) is 0 Å². The van der Waals surface area contributed by atoms with Crippen molar-refractivity contribution in [3.8, 4) is 0 Å². The Balaban J connectivity index is 3.79. The van der Waals surface area contributed by atoms with E-state index in [1.807, 2.05) is 0 Å². The third-order valence-corrected chi connectivity index (χ3v) is 1.81. The van der Waals surface area contributed by atoms with E-state index in [1.54, 1.807) is 0 Å². The zero-order valence-electron chi connectivity index (χ0n) is 8.02. The highest BCUT2D eigenvalue weighted by Crippen LogP contribution is 1.96. The summed E-state index contributed by atoms with van der Waals surface area (Å²) >= 11 is 0. The molecule has 2 atom stereocenters. The Morgan fingerprint density at radius 1 is 1.50 bits per heavy atom. The molecule has 6 N–H and O–H groups in total. The van der Waals surface area contributed by atoms with Crippen molar-refractivity contribution in [3.05, 3.63) is 0 Å². The van der Waals surface area contributed by atoms with Gasteiger partial charge in [0.2, 0.25) is 0 Å². The number of hydrogen-bond acceptors (Lipinski definition) is 5. The first-order valence-electron chi connectivity index (χ1n) is 4.57. The number of aliphatic carboxylic acids is 1. The first-order valence-corrected chi connectivity index (χ1v) is 4.57. The largest absolute Gasteiger partial charge is 0.480 e. The molecular formula is C8H18N2O4. The highest BCUT2D eigenvalue weighted by atomic mass is 16.4. The molecule has 0 saturated carbocycles. The number of hydrogen-bond donors (Lipinski definition) is 5. The van der Waals surface area contributed by atoms with Crippen LogP contribution in [0.4, 0.5) is 0 Å². The minimum absolute atomic E-state index is 0.0675. The summed E-state index contributed by atoms with van der Waals surface area (Å²) in [5.41, 5.74) is 5.25. The van der Waals surface area contributed by atoms with Crippen LogP contribution in [-0.4, -0.2) is 53.1 Å². The van der Waals surface area contributed by atoms with Crippen LogP contribution in [0.15, 0.2) is 0 Å². The molecule has 6 heteroatoms. The third-order valence-electron chi connectivity index (χ3n) is 1.81. The molecule has 0 aliphatic carbocycles. The molecule has 0 spiro atoms. The lowest BCUT2D eigenvalue weighted by atomic mass is 10.1. The number of carboxylic acids is 1. The summed E-state index contributed by atoms with van der Waals surface area (Å²) in [6.45, 7) is 0.127. The molecule has 0 amide bonds. The van der Waals surface area contributed by atoms with Gasteiger partial charge in [0, 0.05) is 6.54 Å². The van der Waals surface area contributed by atoms with E-state index >= 15 is 0 Å². The number of carbonyl (C=O) groups is 1. The number of rotatable bonds is 8. The second kappa shape index (κ2) is 7.69. The van der Waals surface area contributed by atoms with Gasteiger partial charge >= 0.3 is 5.97 Å². The van der Waals surface area contributed by atoms with Gasteiger partial charge in [-0.15, -0.1) is 0 Å². The van der Waals surface area contributed by atoms with Crippen molar-refractivity contribution in [1.29, 1.82) is 0 Å². The van der Waals surface area contributed by atoms with Crippen LogP contribution in [0.3, 0.4) is 0 Å². The molecule has 0 aromatic rings. The molecule has 0 heterocycles. The Kier molecular flexibility index (Phi) is 7.31. The number of aliphatic hydroxyl groups is 2. The van der Waals surface area contributed by atoms with Crippen LogP contribution in [0.25, 0.3) is 0 Å². The quantitative estimate of drug-likeness (QED) is 0.317. The average molecular weight is 206 g/mol. The lowest BCUT2D eigenvalue weighted by Gasteiger charge is -2.15. The molecule has 0 aromatic carbocycles. The molecule has 0 fully saturated rings. The van der Waals surface area contributed by atoms with Crippen molar-refractivity contribution in [2.24, 2.45) is 5.73 Å². The first kappa shape index (κ1) is 13.3. The van der Waals surface area contributed by atoms with Crippen molar-refractivity contribution >= 4 is 5.97 Å². The second-order valence-corrected chi connectivity index (χ2v) is 3.07. The lowest BCUT2D eigenvalue weighted by Crippen LogP contribution is -2.42. The topological polar surface area (TPSA) is 116 Å². The molecule has 0 aromatic heterocycles. The summed E-state index contributed by atoms with van der Waals surface area (Å²) in [5.74, 6) is -0.969. The van der Waals surface area contributed by atoms with Crippen LogP contribution in [0.1, 0.15) is 12.8 Å². The molecular weight excluding hydrogens is 188 g/mol. The standard InChI is InChI=1S/C8H18N2O4/c9-3-1-2-7(8(13)14)10-4-6(12)5-11/h6-7,10-12H,1-5,9H2,(H,13,14)/t6?,7-/m0/s1. The smallest absolute Gasteiger partial charge is 0.320 e. The lowest BCUT2D eigenvalue weighted by molar-refractivity contribution is -0.139. The third kappa shape index (κ3) is 5.87. The van der Waals surface area contributed by atoms with Crippen LogP contribution < -0.4 is 11.1 Å². The molecule has 0 bridgehead atoms. The monoisotopic (exact) mass is 206 g/mol. The Hall–Kier alpha value is -0.690. The van der Waals surface area contributed by atoms with Crippen LogP contribution in [0, 0.1) is 0 Å². The minimum atomic E-state index is -0.969. The molecule has 0 aliphatic heterocycles. The fourth-order valence-corrected chi connectivity index (χ4v) is 0.978. The Morgan fingerprint density at radius 3 is 2.57 bits per heavy atom. The van der Waals surface area contributed by atoms with E-state index < -0.39 is 18.1 Å². The van der Waals surface area contributed by atoms with E-state index in [1.165, 1.54) is 0 Å². The summed E-state index contributed by atoms with van der Waals surface area (Å²) in [4.78, 5) is 10.7. The fraction of sp³-hybridized carbons (Fsp3) is 0.875. The van der Waals surface area contributed by atoms with Gasteiger partial charge in [-0.1, -0.05) is 0 Å². The fourth-order valence-electron chi connectivity index (χ4n) is 0.978. The van der Waals surface area contributed by atoms with Crippen molar-refractivity contribution < 1.29 is 20.1 Å². The summed E-state index contributed by atoms with van der Waals surface area (Å²) in [6.07, 6.45) is 0.109. The van der Waals surface area contributed by atoms with Crippen LogP contribution >= 0.6 is 0 Å². The Morgan fingerprint density at radius 2 is 2.14 bits per heavy atom. The van der Waals surface area contributed by atoms with Crippen molar-refractivity contribution in [2.45, 2.75) is 25.0 Å². The SMILES string of the molecule is NCCC[C@H](NCC(O)CO)C(=O)O. The van der Waals surface area contributed by atoms with Gasteiger partial charge in [0.25, 0.3) is 0 Å². The van der Waals surface area contributed by atoms with E-state index in [9.17, 15) is 4.79 Å². The second-order valence-electron chi connectivity index (χ2n) is 3.07. The van der Waals surface area contributed by atoms with E-state index in [-0.39, 0.29) is 13.2 Å².